The van der Waals surface area contributed by atoms with Crippen molar-refractivity contribution < 1.29 is 26.4 Å². The van der Waals surface area contributed by atoms with Crippen LogP contribution in [0.2, 0.25) is 0 Å². The number of nitrogens with one attached hydrogen (secondary N) is 1. The Kier molecular flexibility index (Phi) is 6.23. The normalized spacial score (nSPS) is 17.6. The minimum absolute atomic E-state index is 0.0910. The summed E-state index contributed by atoms with van der Waals surface area (Å²) in [4.78, 5) is 13.3. The lowest BCUT2D eigenvalue weighted by Gasteiger charge is -2.26. The van der Waals surface area contributed by atoms with E-state index in [0.717, 1.165) is 16.8 Å². The number of sulfonamides is 1. The number of sulfone groups is 1. The van der Waals surface area contributed by atoms with Crippen LogP contribution in [-0.2, 0) is 36.1 Å². The minimum Gasteiger partial charge on any atom is -0.379 e. The number of ether oxygens (including phenoxy) is 1. The largest absolute Gasteiger partial charge is 0.379 e. The molecule has 0 spiro atoms. The first kappa shape index (κ1) is 24.6. The number of amides is 1. The van der Waals surface area contributed by atoms with Crippen molar-refractivity contribution in [3.8, 4) is 5.69 Å². The molecule has 190 valence electrons. The molecule has 2 aromatic carbocycles. The van der Waals surface area contributed by atoms with E-state index in [1.165, 1.54) is 28.6 Å². The topological polar surface area (TPSA) is 128 Å². The van der Waals surface area contributed by atoms with E-state index in [2.05, 4.69) is 10.4 Å². The molecule has 2 aliphatic rings. The van der Waals surface area contributed by atoms with Gasteiger partial charge in [-0.05, 0) is 49.7 Å². The van der Waals surface area contributed by atoms with Gasteiger partial charge in [-0.15, -0.1) is 0 Å². The van der Waals surface area contributed by atoms with Crippen LogP contribution in [0.3, 0.4) is 0 Å². The average molecular weight is 531 g/mol. The van der Waals surface area contributed by atoms with Gasteiger partial charge in [0.1, 0.15) is 5.82 Å². The molecule has 1 amide bonds. The Morgan fingerprint density at radius 2 is 1.72 bits per heavy atom. The fourth-order valence-electron chi connectivity index (χ4n) is 4.48. The number of aryl methyl sites for hydroxylation is 2. The van der Waals surface area contributed by atoms with E-state index in [0.29, 0.717) is 30.3 Å². The summed E-state index contributed by atoms with van der Waals surface area (Å²) >= 11 is 0. The molecule has 3 heterocycles. The van der Waals surface area contributed by atoms with E-state index >= 15 is 0 Å². The number of nitrogens with zero attached hydrogens (tertiary/aromatic N) is 3. The van der Waals surface area contributed by atoms with Gasteiger partial charge in [-0.3, -0.25) is 4.79 Å². The van der Waals surface area contributed by atoms with E-state index in [1.807, 2.05) is 32.0 Å². The zero-order valence-electron chi connectivity index (χ0n) is 19.9. The number of anilines is 1. The third kappa shape index (κ3) is 4.57. The molecule has 0 radical (unpaired) electrons. The first-order valence-electron chi connectivity index (χ1n) is 11.4. The zero-order chi connectivity index (χ0) is 25.7. The summed E-state index contributed by atoms with van der Waals surface area (Å²) in [6.45, 7) is 5.13. The first-order valence-corrected chi connectivity index (χ1v) is 14.7. The lowest BCUT2D eigenvalue weighted by atomic mass is 10.1. The third-order valence-corrected chi connectivity index (χ3v) is 9.68. The Morgan fingerprint density at radius 3 is 2.39 bits per heavy atom. The summed E-state index contributed by atoms with van der Waals surface area (Å²) in [6, 6.07) is 11.5. The molecular weight excluding hydrogens is 504 g/mol. The predicted molar refractivity (Wildman–Crippen MR) is 133 cm³/mol. The monoisotopic (exact) mass is 530 g/mol. The molecule has 1 N–H and O–H groups in total. The fraction of sp³-hybridized carbons (Fsp3) is 0.333. The highest BCUT2D eigenvalue weighted by atomic mass is 32.2. The number of morpholine rings is 1. The Labute approximate surface area is 209 Å². The van der Waals surface area contributed by atoms with Crippen molar-refractivity contribution in [3.63, 3.8) is 0 Å². The van der Waals surface area contributed by atoms with Gasteiger partial charge in [0.25, 0.3) is 5.91 Å². The van der Waals surface area contributed by atoms with Gasteiger partial charge in [-0.1, -0.05) is 17.7 Å². The lowest BCUT2D eigenvalue weighted by molar-refractivity contribution is 0.0730. The molecule has 36 heavy (non-hydrogen) atoms. The number of benzene rings is 2. The highest BCUT2D eigenvalue weighted by molar-refractivity contribution is 7.90. The Balaban J connectivity index is 1.45. The molecule has 12 heteroatoms. The molecule has 0 atom stereocenters. The van der Waals surface area contributed by atoms with E-state index in [1.54, 1.807) is 4.68 Å². The summed E-state index contributed by atoms with van der Waals surface area (Å²) in [6.07, 6.45) is 0. The van der Waals surface area contributed by atoms with Crippen LogP contribution in [0.15, 0.2) is 47.4 Å². The Hall–Kier alpha value is -3.06. The molecule has 2 aliphatic heterocycles. The summed E-state index contributed by atoms with van der Waals surface area (Å²) < 4.78 is 58.4. The van der Waals surface area contributed by atoms with Gasteiger partial charge in [0.15, 0.2) is 9.84 Å². The molecule has 1 fully saturated rings. The number of hydrogen-bond donors (Lipinski definition) is 1. The van der Waals surface area contributed by atoms with Crippen LogP contribution in [0, 0.1) is 13.8 Å². The second kappa shape index (κ2) is 9.11. The van der Waals surface area contributed by atoms with Crippen LogP contribution in [0.5, 0.6) is 0 Å². The molecule has 0 bridgehead atoms. The quantitative estimate of drug-likeness (QED) is 0.536. The summed E-state index contributed by atoms with van der Waals surface area (Å²) in [7, 11) is -7.03. The molecule has 0 aliphatic carbocycles. The van der Waals surface area contributed by atoms with Crippen molar-refractivity contribution in [1.82, 2.24) is 14.1 Å². The molecule has 10 nitrogen and oxygen atoms in total. The van der Waals surface area contributed by atoms with Crippen molar-refractivity contribution in [2.24, 2.45) is 0 Å². The van der Waals surface area contributed by atoms with Crippen molar-refractivity contribution in [3.05, 3.63) is 70.4 Å². The molecule has 0 saturated carbocycles. The van der Waals surface area contributed by atoms with E-state index < -0.39 is 25.8 Å². The van der Waals surface area contributed by atoms with Crippen LogP contribution in [0.4, 0.5) is 5.82 Å². The maximum atomic E-state index is 13.2. The molecular formula is C24H26N4O6S2. The van der Waals surface area contributed by atoms with Gasteiger partial charge in [0, 0.05) is 24.2 Å². The lowest BCUT2D eigenvalue weighted by Crippen LogP contribution is -2.40. The summed E-state index contributed by atoms with van der Waals surface area (Å²) in [5.74, 6) is -0.590. The second-order valence-corrected chi connectivity index (χ2v) is 13.0. The Bertz CT molecular complexity index is 1550. The number of fused-ring (bicyclic) bond motifs is 1. The van der Waals surface area contributed by atoms with Crippen LogP contribution < -0.4 is 5.32 Å². The van der Waals surface area contributed by atoms with Gasteiger partial charge < -0.3 is 10.1 Å². The van der Waals surface area contributed by atoms with Gasteiger partial charge in [0.05, 0.1) is 41.0 Å². The highest BCUT2D eigenvalue weighted by Gasteiger charge is 2.34. The van der Waals surface area contributed by atoms with Gasteiger partial charge in [-0.25, -0.2) is 21.5 Å². The molecule has 3 aromatic rings. The van der Waals surface area contributed by atoms with Crippen molar-refractivity contribution in [2.75, 3.05) is 31.6 Å². The van der Waals surface area contributed by atoms with Crippen molar-refractivity contribution >= 4 is 31.6 Å². The number of carbonyl (C=O) groups excluding carboxylic acids is 1. The van der Waals surface area contributed by atoms with Crippen LogP contribution >= 0.6 is 0 Å². The van der Waals surface area contributed by atoms with E-state index in [4.69, 9.17) is 4.74 Å². The minimum atomic E-state index is -3.69. The van der Waals surface area contributed by atoms with Crippen LogP contribution in [0.1, 0.15) is 32.7 Å². The van der Waals surface area contributed by atoms with Gasteiger partial charge in [-0.2, -0.15) is 9.40 Å². The first-order chi connectivity index (χ1) is 17.0. The summed E-state index contributed by atoms with van der Waals surface area (Å²) in [5, 5.41) is 7.35. The smallest absolute Gasteiger partial charge is 0.256 e. The predicted octanol–water partition coefficient (Wildman–Crippen LogP) is 2.19. The van der Waals surface area contributed by atoms with E-state index in [9.17, 15) is 21.6 Å². The molecule has 1 aromatic heterocycles. The zero-order valence-corrected chi connectivity index (χ0v) is 21.5. The number of carbonyl (C=O) groups is 1. The van der Waals surface area contributed by atoms with Gasteiger partial charge >= 0.3 is 0 Å². The number of rotatable bonds is 5. The number of hydrogen-bond acceptors (Lipinski definition) is 7. The number of aromatic nitrogens is 2. The third-order valence-electron chi connectivity index (χ3n) is 6.32. The maximum absolute atomic E-state index is 13.2. The summed E-state index contributed by atoms with van der Waals surface area (Å²) in [5.41, 5.74) is 3.84. The SMILES string of the molecule is Cc1ccc(-n2nc3c(c2NC(=O)c2ccc(S(=O)(=O)N4CCOCC4)cc2)CS(=O)(=O)C3)c(C)c1. The second-order valence-electron chi connectivity index (χ2n) is 9.00. The van der Waals surface area contributed by atoms with Crippen LogP contribution in [0.25, 0.3) is 5.69 Å². The van der Waals surface area contributed by atoms with E-state index in [-0.39, 0.29) is 35.1 Å². The molecule has 0 unspecified atom stereocenters. The Morgan fingerprint density at radius 1 is 1.03 bits per heavy atom. The molecule has 1 saturated heterocycles. The standard InChI is InChI=1S/C24H26N4O6S2/c1-16-3-8-22(17(2)13-16)28-23(20-14-35(30,31)15-21(20)26-28)25-24(29)18-4-6-19(7-5-18)36(32,33)27-9-11-34-12-10-27/h3-8,13H,9-12,14-15H2,1-2H3,(H,25,29). The molecule has 5 rings (SSSR count). The van der Waals surface area contributed by atoms with Crippen LogP contribution in [-0.4, -0.2) is 63.1 Å². The van der Waals surface area contributed by atoms with Crippen molar-refractivity contribution in [1.29, 1.82) is 0 Å². The highest BCUT2D eigenvalue weighted by Crippen LogP contribution is 2.34. The van der Waals surface area contributed by atoms with Gasteiger partial charge in [0.2, 0.25) is 10.0 Å². The van der Waals surface area contributed by atoms with Crippen molar-refractivity contribution in [2.45, 2.75) is 30.2 Å². The maximum Gasteiger partial charge on any atom is 0.256 e. The average Bonchev–Trinajstić information content (AvgIpc) is 3.31. The fourth-order valence-corrected chi connectivity index (χ4v) is 7.38.